The van der Waals surface area contributed by atoms with Crippen molar-refractivity contribution < 1.29 is 14.4 Å². The van der Waals surface area contributed by atoms with E-state index in [1.54, 1.807) is 18.2 Å². The SMILES string of the molecule is COc1ccc(Nc2ncnc(Cl)c2[N+](=O)[O-])cc1OC. The molecule has 0 amide bonds. The highest BCUT2D eigenvalue weighted by molar-refractivity contribution is 6.31. The zero-order valence-corrected chi connectivity index (χ0v) is 11.9. The number of hydrogen-bond donors (Lipinski definition) is 1. The Morgan fingerprint density at radius 2 is 1.95 bits per heavy atom. The number of nitrogens with one attached hydrogen (secondary N) is 1. The van der Waals surface area contributed by atoms with Gasteiger partial charge in [-0.3, -0.25) is 10.1 Å². The zero-order chi connectivity index (χ0) is 15.4. The molecule has 21 heavy (non-hydrogen) atoms. The first-order chi connectivity index (χ1) is 10.1. The minimum absolute atomic E-state index is 0.00720. The van der Waals surface area contributed by atoms with Crippen molar-refractivity contribution in [1.82, 2.24) is 9.97 Å². The number of benzene rings is 1. The predicted octanol–water partition coefficient (Wildman–Crippen LogP) is 2.80. The number of nitrogens with zero attached hydrogens (tertiary/aromatic N) is 3. The van der Waals surface area contributed by atoms with Gasteiger partial charge in [-0.25, -0.2) is 9.97 Å². The smallest absolute Gasteiger partial charge is 0.348 e. The van der Waals surface area contributed by atoms with E-state index in [1.165, 1.54) is 14.2 Å². The molecule has 1 aromatic heterocycles. The van der Waals surface area contributed by atoms with Crippen LogP contribution in [0.25, 0.3) is 0 Å². The first-order valence-electron chi connectivity index (χ1n) is 5.70. The molecule has 2 rings (SSSR count). The maximum atomic E-state index is 11.0. The third-order valence-electron chi connectivity index (χ3n) is 2.61. The summed E-state index contributed by atoms with van der Waals surface area (Å²) in [7, 11) is 3.01. The van der Waals surface area contributed by atoms with E-state index < -0.39 is 10.6 Å². The van der Waals surface area contributed by atoms with E-state index in [0.717, 1.165) is 6.33 Å². The van der Waals surface area contributed by atoms with Gasteiger partial charge in [-0.15, -0.1) is 0 Å². The average Bonchev–Trinajstić information content (AvgIpc) is 2.46. The Morgan fingerprint density at radius 3 is 2.57 bits per heavy atom. The van der Waals surface area contributed by atoms with Crippen molar-refractivity contribution in [2.75, 3.05) is 19.5 Å². The molecule has 8 nitrogen and oxygen atoms in total. The third kappa shape index (κ3) is 3.11. The van der Waals surface area contributed by atoms with Crippen molar-refractivity contribution in [3.05, 3.63) is 39.8 Å². The van der Waals surface area contributed by atoms with Gasteiger partial charge in [0, 0.05) is 11.8 Å². The highest BCUT2D eigenvalue weighted by atomic mass is 35.5. The van der Waals surface area contributed by atoms with Gasteiger partial charge in [-0.1, -0.05) is 11.6 Å². The second-order valence-corrected chi connectivity index (χ2v) is 4.17. The van der Waals surface area contributed by atoms with Gasteiger partial charge in [0.2, 0.25) is 11.0 Å². The lowest BCUT2D eigenvalue weighted by molar-refractivity contribution is -0.384. The molecule has 0 unspecified atom stereocenters. The van der Waals surface area contributed by atoms with Gasteiger partial charge in [-0.05, 0) is 12.1 Å². The fourth-order valence-electron chi connectivity index (χ4n) is 1.66. The van der Waals surface area contributed by atoms with Crippen LogP contribution in [0.15, 0.2) is 24.5 Å². The van der Waals surface area contributed by atoms with E-state index in [-0.39, 0.29) is 11.0 Å². The molecule has 0 aliphatic carbocycles. The third-order valence-corrected chi connectivity index (χ3v) is 2.88. The Morgan fingerprint density at radius 1 is 1.24 bits per heavy atom. The molecule has 1 aromatic carbocycles. The van der Waals surface area contributed by atoms with E-state index in [9.17, 15) is 10.1 Å². The van der Waals surface area contributed by atoms with E-state index in [1.807, 2.05) is 0 Å². The van der Waals surface area contributed by atoms with Gasteiger partial charge in [0.1, 0.15) is 6.33 Å². The van der Waals surface area contributed by atoms with Crippen LogP contribution in [0.5, 0.6) is 11.5 Å². The van der Waals surface area contributed by atoms with Crippen LogP contribution in [0.1, 0.15) is 0 Å². The van der Waals surface area contributed by atoms with Gasteiger partial charge in [-0.2, -0.15) is 0 Å². The average molecular weight is 311 g/mol. The number of nitro groups is 1. The number of aromatic nitrogens is 2. The van der Waals surface area contributed by atoms with Crippen molar-refractivity contribution in [3.63, 3.8) is 0 Å². The summed E-state index contributed by atoms with van der Waals surface area (Å²) in [6.07, 6.45) is 1.14. The minimum atomic E-state index is -0.647. The number of rotatable bonds is 5. The lowest BCUT2D eigenvalue weighted by Gasteiger charge is -2.11. The second kappa shape index (κ2) is 6.23. The molecule has 0 aliphatic rings. The molecule has 0 fully saturated rings. The van der Waals surface area contributed by atoms with Gasteiger partial charge in [0.05, 0.1) is 19.1 Å². The molecule has 0 saturated carbocycles. The molecule has 1 heterocycles. The fourth-order valence-corrected chi connectivity index (χ4v) is 1.86. The molecule has 0 aliphatic heterocycles. The number of methoxy groups -OCH3 is 2. The second-order valence-electron chi connectivity index (χ2n) is 3.81. The van der Waals surface area contributed by atoms with Crippen molar-refractivity contribution in [1.29, 1.82) is 0 Å². The molecule has 0 radical (unpaired) electrons. The Labute approximate surface area is 124 Å². The molecular weight excluding hydrogens is 300 g/mol. The highest BCUT2D eigenvalue weighted by Gasteiger charge is 2.21. The van der Waals surface area contributed by atoms with Gasteiger partial charge < -0.3 is 14.8 Å². The quantitative estimate of drug-likeness (QED) is 0.515. The maximum absolute atomic E-state index is 11.0. The van der Waals surface area contributed by atoms with Crippen LogP contribution in [0.3, 0.4) is 0 Å². The van der Waals surface area contributed by atoms with Crippen LogP contribution < -0.4 is 14.8 Å². The number of hydrogen-bond acceptors (Lipinski definition) is 7. The molecule has 2 aromatic rings. The molecule has 0 atom stereocenters. The van der Waals surface area contributed by atoms with Crippen molar-refractivity contribution >= 4 is 28.8 Å². The van der Waals surface area contributed by atoms with E-state index >= 15 is 0 Å². The van der Waals surface area contributed by atoms with Crippen LogP contribution in [0, 0.1) is 10.1 Å². The van der Waals surface area contributed by atoms with Crippen LogP contribution >= 0.6 is 11.6 Å². The number of halogens is 1. The summed E-state index contributed by atoms with van der Waals surface area (Å²) in [5.41, 5.74) is 0.138. The van der Waals surface area contributed by atoms with Gasteiger partial charge in [0.15, 0.2) is 11.5 Å². The molecule has 0 saturated heterocycles. The van der Waals surface area contributed by atoms with Gasteiger partial charge in [0.25, 0.3) is 0 Å². The molecule has 1 N–H and O–H groups in total. The summed E-state index contributed by atoms with van der Waals surface area (Å²) >= 11 is 5.72. The lowest BCUT2D eigenvalue weighted by atomic mass is 10.2. The van der Waals surface area contributed by atoms with Crippen LogP contribution in [-0.2, 0) is 0 Å². The normalized spacial score (nSPS) is 10.0. The topological polar surface area (TPSA) is 99.4 Å². The fraction of sp³-hybridized carbons (Fsp3) is 0.167. The zero-order valence-electron chi connectivity index (χ0n) is 11.2. The van der Waals surface area contributed by atoms with Gasteiger partial charge >= 0.3 is 5.69 Å². The largest absolute Gasteiger partial charge is 0.493 e. The maximum Gasteiger partial charge on any atom is 0.348 e. The Balaban J connectivity index is 2.39. The lowest BCUT2D eigenvalue weighted by Crippen LogP contribution is -2.02. The van der Waals surface area contributed by atoms with E-state index in [4.69, 9.17) is 21.1 Å². The summed E-state index contributed by atoms with van der Waals surface area (Å²) in [6, 6.07) is 4.95. The summed E-state index contributed by atoms with van der Waals surface area (Å²) in [5, 5.41) is 13.6. The first kappa shape index (κ1) is 14.8. The Bertz CT molecular complexity index is 680. The van der Waals surface area contributed by atoms with Crippen molar-refractivity contribution in [2.24, 2.45) is 0 Å². The Kier molecular flexibility index (Phi) is 4.39. The van der Waals surface area contributed by atoms with Crippen molar-refractivity contribution in [2.45, 2.75) is 0 Å². The number of anilines is 2. The molecular formula is C12H11ClN4O4. The minimum Gasteiger partial charge on any atom is -0.493 e. The summed E-state index contributed by atoms with van der Waals surface area (Å²) in [5.74, 6) is 1.01. The summed E-state index contributed by atoms with van der Waals surface area (Å²) in [6.45, 7) is 0. The highest BCUT2D eigenvalue weighted by Crippen LogP contribution is 2.34. The molecule has 9 heteroatoms. The molecule has 0 spiro atoms. The van der Waals surface area contributed by atoms with E-state index in [0.29, 0.717) is 17.2 Å². The number of ether oxygens (including phenoxy) is 2. The monoisotopic (exact) mass is 310 g/mol. The summed E-state index contributed by atoms with van der Waals surface area (Å²) in [4.78, 5) is 17.8. The molecule has 0 bridgehead atoms. The van der Waals surface area contributed by atoms with E-state index in [2.05, 4.69) is 15.3 Å². The first-order valence-corrected chi connectivity index (χ1v) is 6.08. The predicted molar refractivity (Wildman–Crippen MR) is 76.5 cm³/mol. The van der Waals surface area contributed by atoms with Crippen LogP contribution in [-0.4, -0.2) is 29.1 Å². The van der Waals surface area contributed by atoms with Crippen LogP contribution in [0.4, 0.5) is 17.2 Å². The Hall–Kier alpha value is -2.61. The molecule has 110 valence electrons. The summed E-state index contributed by atoms with van der Waals surface area (Å²) < 4.78 is 10.3. The standard InChI is InChI=1S/C12H11ClN4O4/c1-20-8-4-3-7(5-9(8)21-2)16-12-10(17(18)19)11(13)14-6-15-12/h3-6H,1-2H3,(H,14,15,16). The van der Waals surface area contributed by atoms with Crippen LogP contribution in [0.2, 0.25) is 5.15 Å². The van der Waals surface area contributed by atoms with Crippen molar-refractivity contribution in [3.8, 4) is 11.5 Å².